The zero-order valence-corrected chi connectivity index (χ0v) is 17.5. The molecule has 2 rings (SSSR count). The van der Waals surface area contributed by atoms with Gasteiger partial charge in [0, 0.05) is 58.4 Å². The van der Waals surface area contributed by atoms with Crippen molar-refractivity contribution < 1.29 is 9.84 Å². The minimum Gasteiger partial charge on any atom is -0.497 e. The van der Waals surface area contributed by atoms with Crippen molar-refractivity contribution in [3.63, 3.8) is 0 Å². The average molecular weight is 386 g/mol. The zero-order valence-electron chi connectivity index (χ0n) is 17.5. The minimum absolute atomic E-state index is 0.387. The largest absolute Gasteiger partial charge is 0.497 e. The van der Waals surface area contributed by atoms with Gasteiger partial charge >= 0.3 is 0 Å². The molecular formula is C23H35N3O2. The third-order valence-electron chi connectivity index (χ3n) is 5.00. The van der Waals surface area contributed by atoms with Crippen molar-refractivity contribution in [1.29, 1.82) is 0 Å². The molecule has 0 aromatic heterocycles. The summed E-state index contributed by atoms with van der Waals surface area (Å²) in [7, 11) is 3.57. The van der Waals surface area contributed by atoms with Crippen LogP contribution in [0.25, 0.3) is 0 Å². The third-order valence-corrected chi connectivity index (χ3v) is 5.00. The molecule has 5 nitrogen and oxygen atoms in total. The summed E-state index contributed by atoms with van der Waals surface area (Å²) in [5.74, 6) is 0.823. The molecule has 154 valence electrons. The smallest absolute Gasteiger partial charge is 0.119 e. The van der Waals surface area contributed by atoms with Crippen LogP contribution in [0.5, 0.6) is 5.75 Å². The van der Waals surface area contributed by atoms with Crippen LogP contribution in [0.3, 0.4) is 0 Å². The molecule has 0 spiro atoms. The standard InChI is InChI=1S/C23H35N3O2/c1-4-5-6-7-8-9-12-25-13-15-26(16-14-25)19-21(27)17-20-18-22(28-3)10-11-23(20)24-2/h4-11,18,21,24,27H,12-17,19H2,1-3H3/b5-4-,7-6-,9-8+. The number of hydrogen-bond donors (Lipinski definition) is 2. The number of aliphatic hydroxyl groups excluding tert-OH is 1. The summed E-state index contributed by atoms with van der Waals surface area (Å²) in [4.78, 5) is 4.81. The molecule has 0 aliphatic carbocycles. The molecule has 0 bridgehead atoms. The summed E-state index contributed by atoms with van der Waals surface area (Å²) in [6, 6.07) is 5.94. The molecule has 1 saturated heterocycles. The Morgan fingerprint density at radius 1 is 1.11 bits per heavy atom. The molecule has 1 aliphatic heterocycles. The van der Waals surface area contributed by atoms with Crippen LogP contribution in [0, 0.1) is 0 Å². The number of anilines is 1. The number of β-amino-alcohol motifs (C(OH)–C–C–N with tert-alkyl or cyclic N) is 1. The third kappa shape index (κ3) is 7.50. The Bertz CT molecular complexity index is 662. The fourth-order valence-corrected chi connectivity index (χ4v) is 3.41. The molecule has 1 atom stereocenters. The molecule has 0 radical (unpaired) electrons. The highest BCUT2D eigenvalue weighted by Crippen LogP contribution is 2.23. The van der Waals surface area contributed by atoms with Gasteiger partial charge in [-0.2, -0.15) is 0 Å². The highest BCUT2D eigenvalue weighted by Gasteiger charge is 2.19. The number of ether oxygens (including phenoxy) is 1. The molecule has 1 fully saturated rings. The molecule has 28 heavy (non-hydrogen) atoms. The van der Waals surface area contributed by atoms with Crippen LogP contribution in [0.1, 0.15) is 12.5 Å². The van der Waals surface area contributed by atoms with Crippen molar-refractivity contribution in [3.8, 4) is 5.75 Å². The Kier molecular flexibility index (Phi) is 9.83. The van der Waals surface area contributed by atoms with Crippen molar-refractivity contribution in [3.05, 3.63) is 60.2 Å². The molecule has 0 amide bonds. The first-order valence-corrected chi connectivity index (χ1v) is 10.1. The SMILES string of the molecule is C\C=C/C=C\C=C\CN1CCN(CC(O)Cc2cc(OC)ccc2NC)CC1. The zero-order chi connectivity index (χ0) is 20.2. The highest BCUT2D eigenvalue weighted by atomic mass is 16.5. The lowest BCUT2D eigenvalue weighted by atomic mass is 10.0. The van der Waals surface area contributed by atoms with E-state index in [2.05, 4.69) is 33.3 Å². The molecule has 1 aromatic rings. The molecule has 1 aromatic carbocycles. The van der Waals surface area contributed by atoms with E-state index in [0.717, 1.165) is 49.7 Å². The molecule has 2 N–H and O–H groups in total. The first-order chi connectivity index (χ1) is 13.7. The monoisotopic (exact) mass is 385 g/mol. The maximum absolute atomic E-state index is 10.6. The number of piperazine rings is 1. The predicted octanol–water partition coefficient (Wildman–Crippen LogP) is 2.95. The topological polar surface area (TPSA) is 48.0 Å². The molecule has 1 aliphatic rings. The quantitative estimate of drug-likeness (QED) is 0.607. The summed E-state index contributed by atoms with van der Waals surface area (Å²) in [5, 5.41) is 13.8. The van der Waals surface area contributed by atoms with E-state index in [9.17, 15) is 5.11 Å². The second kappa shape index (κ2) is 12.4. The van der Waals surface area contributed by atoms with E-state index < -0.39 is 0 Å². The van der Waals surface area contributed by atoms with Crippen LogP contribution in [-0.4, -0.2) is 74.4 Å². The Morgan fingerprint density at radius 3 is 2.50 bits per heavy atom. The fourth-order valence-electron chi connectivity index (χ4n) is 3.41. The molecule has 1 heterocycles. The van der Waals surface area contributed by atoms with Gasteiger partial charge in [-0.1, -0.05) is 36.5 Å². The van der Waals surface area contributed by atoms with Gasteiger partial charge in [-0.05, 0) is 30.7 Å². The second-order valence-corrected chi connectivity index (χ2v) is 7.07. The molecule has 5 heteroatoms. The maximum Gasteiger partial charge on any atom is 0.119 e. The Morgan fingerprint density at radius 2 is 1.82 bits per heavy atom. The van der Waals surface area contributed by atoms with E-state index in [4.69, 9.17) is 4.74 Å². The van der Waals surface area contributed by atoms with E-state index in [1.807, 2.05) is 50.4 Å². The van der Waals surface area contributed by atoms with Gasteiger partial charge in [0.2, 0.25) is 0 Å². The lowest BCUT2D eigenvalue weighted by molar-refractivity contribution is 0.0767. The lowest BCUT2D eigenvalue weighted by Gasteiger charge is -2.35. The Labute approximate surface area is 170 Å². The van der Waals surface area contributed by atoms with Gasteiger partial charge < -0.3 is 15.2 Å². The van der Waals surface area contributed by atoms with Crippen LogP contribution < -0.4 is 10.1 Å². The van der Waals surface area contributed by atoms with Crippen LogP contribution in [0.15, 0.2) is 54.7 Å². The number of nitrogens with one attached hydrogen (secondary N) is 1. The van der Waals surface area contributed by atoms with Gasteiger partial charge in [0.25, 0.3) is 0 Å². The van der Waals surface area contributed by atoms with Gasteiger partial charge in [0.1, 0.15) is 5.75 Å². The normalized spacial score (nSPS) is 17.7. The molecule has 1 unspecified atom stereocenters. The average Bonchev–Trinajstić information content (AvgIpc) is 2.71. The summed E-state index contributed by atoms with van der Waals surface area (Å²) < 4.78 is 5.32. The summed E-state index contributed by atoms with van der Waals surface area (Å²) in [5.41, 5.74) is 2.13. The van der Waals surface area contributed by atoms with Crippen molar-refractivity contribution in [2.24, 2.45) is 0 Å². The van der Waals surface area contributed by atoms with E-state index in [0.29, 0.717) is 13.0 Å². The number of nitrogens with zero attached hydrogens (tertiary/aromatic N) is 2. The Hall–Kier alpha value is -2.08. The van der Waals surface area contributed by atoms with Crippen molar-refractivity contribution in [2.45, 2.75) is 19.4 Å². The number of allylic oxidation sites excluding steroid dienone is 5. The Balaban J connectivity index is 1.75. The van der Waals surface area contributed by atoms with E-state index >= 15 is 0 Å². The number of aliphatic hydroxyl groups is 1. The minimum atomic E-state index is -0.387. The van der Waals surface area contributed by atoms with E-state index in [1.54, 1.807) is 7.11 Å². The van der Waals surface area contributed by atoms with E-state index in [-0.39, 0.29) is 6.10 Å². The van der Waals surface area contributed by atoms with E-state index in [1.165, 1.54) is 0 Å². The summed E-state index contributed by atoms with van der Waals surface area (Å²) >= 11 is 0. The van der Waals surface area contributed by atoms with Crippen molar-refractivity contribution >= 4 is 5.69 Å². The summed E-state index contributed by atoms with van der Waals surface area (Å²) in [6.07, 6.45) is 12.7. The lowest BCUT2D eigenvalue weighted by Crippen LogP contribution is -2.48. The summed E-state index contributed by atoms with van der Waals surface area (Å²) in [6.45, 7) is 7.77. The highest BCUT2D eigenvalue weighted by molar-refractivity contribution is 5.54. The van der Waals surface area contributed by atoms with Crippen LogP contribution in [-0.2, 0) is 6.42 Å². The fraction of sp³-hybridized carbons (Fsp3) is 0.478. The van der Waals surface area contributed by atoms with Gasteiger partial charge in [-0.3, -0.25) is 9.80 Å². The van der Waals surface area contributed by atoms with Gasteiger partial charge in [-0.15, -0.1) is 0 Å². The van der Waals surface area contributed by atoms with Gasteiger partial charge in [0.05, 0.1) is 13.2 Å². The second-order valence-electron chi connectivity index (χ2n) is 7.07. The maximum atomic E-state index is 10.6. The van der Waals surface area contributed by atoms with Crippen LogP contribution in [0.2, 0.25) is 0 Å². The van der Waals surface area contributed by atoms with Crippen molar-refractivity contribution in [2.75, 3.05) is 58.7 Å². The number of methoxy groups -OCH3 is 1. The predicted molar refractivity (Wildman–Crippen MR) is 118 cm³/mol. The first kappa shape index (κ1) is 22.2. The number of hydrogen-bond acceptors (Lipinski definition) is 5. The van der Waals surface area contributed by atoms with Gasteiger partial charge in [-0.25, -0.2) is 0 Å². The number of benzene rings is 1. The van der Waals surface area contributed by atoms with Gasteiger partial charge in [0.15, 0.2) is 0 Å². The first-order valence-electron chi connectivity index (χ1n) is 10.1. The molecule has 0 saturated carbocycles. The van der Waals surface area contributed by atoms with Crippen LogP contribution in [0.4, 0.5) is 5.69 Å². The number of rotatable bonds is 10. The van der Waals surface area contributed by atoms with Crippen molar-refractivity contribution in [1.82, 2.24) is 9.80 Å². The molecular weight excluding hydrogens is 350 g/mol. The van der Waals surface area contributed by atoms with Crippen LogP contribution >= 0.6 is 0 Å².